The van der Waals surface area contributed by atoms with E-state index in [2.05, 4.69) is 35.1 Å². The molecule has 0 saturated heterocycles. The Balaban J connectivity index is 2.36. The second-order valence-corrected chi connectivity index (χ2v) is 4.95. The van der Waals surface area contributed by atoms with Crippen LogP contribution in [0.1, 0.15) is 11.1 Å². The van der Waals surface area contributed by atoms with E-state index in [0.717, 1.165) is 24.3 Å². The molecule has 0 atom stereocenters. The number of nitrogens with zero attached hydrogens (tertiary/aromatic N) is 2. The number of hydrogen-bond acceptors (Lipinski definition) is 4. The molecule has 0 N–H and O–H groups in total. The van der Waals surface area contributed by atoms with Gasteiger partial charge in [-0.05, 0) is 47.5 Å². The summed E-state index contributed by atoms with van der Waals surface area (Å²) in [4.78, 5) is 0. The molecule has 0 fully saturated rings. The predicted octanol–water partition coefficient (Wildman–Crippen LogP) is 3.20. The van der Waals surface area contributed by atoms with Gasteiger partial charge in [0.25, 0.3) is 0 Å². The van der Waals surface area contributed by atoms with E-state index in [1.54, 1.807) is 0 Å². The highest BCUT2D eigenvalue weighted by molar-refractivity contribution is 8.03. The molecule has 0 aromatic heterocycles. The van der Waals surface area contributed by atoms with E-state index >= 15 is 0 Å². The summed E-state index contributed by atoms with van der Waals surface area (Å²) in [7, 11) is 0. The first kappa shape index (κ1) is 13.0. The maximum absolute atomic E-state index is 8.39. The molecule has 0 radical (unpaired) electrons. The van der Waals surface area contributed by atoms with Gasteiger partial charge in [-0.25, -0.2) is 0 Å². The van der Waals surface area contributed by atoms with Gasteiger partial charge in [0.1, 0.15) is 10.8 Å². The van der Waals surface area contributed by atoms with Gasteiger partial charge in [0.2, 0.25) is 0 Å². The average molecular weight is 248 g/mol. The zero-order valence-corrected chi connectivity index (χ0v) is 10.5. The standard InChI is InChI=1S/C12H12N2S2/c13-9-15-7-5-11-1-2-12(4-3-11)6-8-16-10-14/h1-4H,5-8H2. The molecule has 0 heterocycles. The van der Waals surface area contributed by atoms with Crippen molar-refractivity contribution in [1.82, 2.24) is 0 Å². The number of rotatable bonds is 6. The molecular formula is C12H12N2S2. The summed E-state index contributed by atoms with van der Waals surface area (Å²) in [6.07, 6.45) is 1.87. The van der Waals surface area contributed by atoms with Gasteiger partial charge in [0.05, 0.1) is 0 Å². The van der Waals surface area contributed by atoms with Crippen LogP contribution in [0.3, 0.4) is 0 Å². The van der Waals surface area contributed by atoms with E-state index in [0.29, 0.717) is 0 Å². The Kier molecular flexibility index (Phi) is 6.56. The fraction of sp³-hybridized carbons (Fsp3) is 0.333. The number of hydrogen-bond donors (Lipinski definition) is 0. The molecule has 1 rings (SSSR count). The van der Waals surface area contributed by atoms with E-state index in [9.17, 15) is 0 Å². The zero-order chi connectivity index (χ0) is 11.6. The molecule has 1 aromatic carbocycles. The minimum atomic E-state index is 0.847. The number of nitriles is 2. The largest absolute Gasteiger partial charge is 0.185 e. The van der Waals surface area contributed by atoms with Crippen LogP contribution in [-0.4, -0.2) is 11.5 Å². The molecule has 1 aromatic rings. The minimum Gasteiger partial charge on any atom is -0.185 e. The zero-order valence-electron chi connectivity index (χ0n) is 8.85. The molecular weight excluding hydrogens is 236 g/mol. The van der Waals surface area contributed by atoms with Gasteiger partial charge in [-0.3, -0.25) is 0 Å². The van der Waals surface area contributed by atoms with Crippen molar-refractivity contribution in [3.05, 3.63) is 35.4 Å². The summed E-state index contributed by atoms with van der Waals surface area (Å²) in [5, 5.41) is 20.9. The van der Waals surface area contributed by atoms with Crippen LogP contribution in [-0.2, 0) is 12.8 Å². The lowest BCUT2D eigenvalue weighted by molar-refractivity contribution is 1.12. The summed E-state index contributed by atoms with van der Waals surface area (Å²) in [6, 6.07) is 8.41. The predicted molar refractivity (Wildman–Crippen MR) is 70.0 cm³/mol. The topological polar surface area (TPSA) is 47.6 Å². The summed E-state index contributed by atoms with van der Waals surface area (Å²) in [5.74, 6) is 1.69. The van der Waals surface area contributed by atoms with Gasteiger partial charge in [0, 0.05) is 11.5 Å². The maximum Gasteiger partial charge on any atom is 0.133 e. The smallest absolute Gasteiger partial charge is 0.133 e. The summed E-state index contributed by atoms with van der Waals surface area (Å²) < 4.78 is 0. The molecule has 0 amide bonds. The van der Waals surface area contributed by atoms with Gasteiger partial charge < -0.3 is 0 Å². The maximum atomic E-state index is 8.39. The fourth-order valence-electron chi connectivity index (χ4n) is 1.30. The van der Waals surface area contributed by atoms with E-state index in [1.807, 2.05) is 0 Å². The van der Waals surface area contributed by atoms with Crippen molar-refractivity contribution in [2.45, 2.75) is 12.8 Å². The van der Waals surface area contributed by atoms with Crippen LogP contribution in [0.5, 0.6) is 0 Å². The van der Waals surface area contributed by atoms with E-state index in [-0.39, 0.29) is 0 Å². The second-order valence-electron chi connectivity index (χ2n) is 3.20. The quantitative estimate of drug-likeness (QED) is 0.573. The Morgan fingerprint density at radius 3 is 1.50 bits per heavy atom. The SMILES string of the molecule is N#CSCCc1ccc(CCSC#N)cc1. The summed E-state index contributed by atoms with van der Waals surface area (Å²) >= 11 is 2.58. The van der Waals surface area contributed by atoms with Crippen LogP contribution >= 0.6 is 23.5 Å². The molecule has 16 heavy (non-hydrogen) atoms. The van der Waals surface area contributed by atoms with Crippen LogP contribution in [0, 0.1) is 21.3 Å². The molecule has 0 aliphatic rings. The van der Waals surface area contributed by atoms with E-state index in [4.69, 9.17) is 10.5 Å². The first-order chi connectivity index (χ1) is 7.86. The van der Waals surface area contributed by atoms with Crippen molar-refractivity contribution in [1.29, 1.82) is 10.5 Å². The van der Waals surface area contributed by atoms with Crippen molar-refractivity contribution in [2.24, 2.45) is 0 Å². The van der Waals surface area contributed by atoms with Crippen LogP contribution in [0.15, 0.2) is 24.3 Å². The van der Waals surface area contributed by atoms with Crippen molar-refractivity contribution >= 4 is 23.5 Å². The van der Waals surface area contributed by atoms with Gasteiger partial charge >= 0.3 is 0 Å². The first-order valence-electron chi connectivity index (χ1n) is 4.96. The molecule has 82 valence electrons. The highest BCUT2D eigenvalue weighted by Gasteiger charge is 1.96. The third-order valence-corrected chi connectivity index (χ3v) is 3.21. The Labute approximate surface area is 105 Å². The van der Waals surface area contributed by atoms with Gasteiger partial charge in [0.15, 0.2) is 0 Å². The van der Waals surface area contributed by atoms with E-state index in [1.165, 1.54) is 34.7 Å². The second kappa shape index (κ2) is 8.10. The number of thiocyanates is 2. The third-order valence-electron chi connectivity index (χ3n) is 2.14. The minimum absolute atomic E-state index is 0.847. The number of aryl methyl sites for hydroxylation is 2. The van der Waals surface area contributed by atoms with Gasteiger partial charge in [-0.15, -0.1) is 0 Å². The third kappa shape index (κ3) is 5.11. The Hall–Kier alpha value is -1.10. The lowest BCUT2D eigenvalue weighted by Crippen LogP contribution is -1.91. The fourth-order valence-corrected chi connectivity index (χ4v) is 2.16. The lowest BCUT2D eigenvalue weighted by atomic mass is 10.1. The number of thioether (sulfide) groups is 2. The van der Waals surface area contributed by atoms with Gasteiger partial charge in [-0.2, -0.15) is 10.5 Å². The molecule has 0 unspecified atom stereocenters. The molecule has 0 bridgehead atoms. The van der Waals surface area contributed by atoms with Crippen molar-refractivity contribution < 1.29 is 0 Å². The van der Waals surface area contributed by atoms with Crippen LogP contribution < -0.4 is 0 Å². The summed E-state index contributed by atoms with van der Waals surface area (Å²) in [5.41, 5.74) is 2.53. The lowest BCUT2D eigenvalue weighted by Gasteiger charge is -2.01. The molecule has 4 heteroatoms. The molecule has 0 spiro atoms. The van der Waals surface area contributed by atoms with Crippen LogP contribution in [0.4, 0.5) is 0 Å². The van der Waals surface area contributed by atoms with E-state index < -0.39 is 0 Å². The molecule has 0 aliphatic carbocycles. The number of benzene rings is 1. The monoisotopic (exact) mass is 248 g/mol. The molecule has 2 nitrogen and oxygen atoms in total. The van der Waals surface area contributed by atoms with Crippen molar-refractivity contribution in [3.63, 3.8) is 0 Å². The highest BCUT2D eigenvalue weighted by atomic mass is 32.2. The van der Waals surface area contributed by atoms with Crippen molar-refractivity contribution in [2.75, 3.05) is 11.5 Å². The van der Waals surface area contributed by atoms with Crippen molar-refractivity contribution in [3.8, 4) is 10.8 Å². The average Bonchev–Trinajstić information content (AvgIpc) is 2.32. The Morgan fingerprint density at radius 1 is 0.812 bits per heavy atom. The highest BCUT2D eigenvalue weighted by Crippen LogP contribution is 2.10. The van der Waals surface area contributed by atoms with Crippen LogP contribution in [0.25, 0.3) is 0 Å². The molecule has 0 saturated carbocycles. The Morgan fingerprint density at radius 2 is 1.19 bits per heavy atom. The molecule has 0 aliphatic heterocycles. The van der Waals surface area contributed by atoms with Gasteiger partial charge in [-0.1, -0.05) is 24.3 Å². The Bertz CT molecular complexity index is 348. The normalized spacial score (nSPS) is 9.38. The summed E-state index contributed by atoms with van der Waals surface area (Å²) in [6.45, 7) is 0. The first-order valence-corrected chi connectivity index (χ1v) is 6.93. The van der Waals surface area contributed by atoms with Crippen LogP contribution in [0.2, 0.25) is 0 Å².